The van der Waals surface area contributed by atoms with Gasteiger partial charge in [-0.15, -0.1) is 0 Å². The summed E-state index contributed by atoms with van der Waals surface area (Å²) >= 11 is 0. The van der Waals surface area contributed by atoms with Gasteiger partial charge in [0.15, 0.2) is 0 Å². The Morgan fingerprint density at radius 2 is 2.20 bits per heavy atom. The van der Waals surface area contributed by atoms with Crippen LogP contribution in [0.5, 0.6) is 0 Å². The first-order valence-corrected chi connectivity index (χ1v) is 6.43. The lowest BCUT2D eigenvalue weighted by Crippen LogP contribution is -2.24. The van der Waals surface area contributed by atoms with Crippen LogP contribution in [0.15, 0.2) is 24.3 Å². The highest BCUT2D eigenvalue weighted by Gasteiger charge is 2.07. The highest BCUT2D eigenvalue weighted by molar-refractivity contribution is 5.87. The zero-order valence-electron chi connectivity index (χ0n) is 12.0. The molecule has 0 bridgehead atoms. The molecule has 0 saturated carbocycles. The fourth-order valence-electron chi connectivity index (χ4n) is 1.71. The van der Waals surface area contributed by atoms with Crippen molar-refractivity contribution in [3.8, 4) is 0 Å². The molecule has 1 aromatic rings. The molecule has 0 spiro atoms. The normalized spacial score (nSPS) is 11.2. The molecule has 0 aliphatic rings. The van der Waals surface area contributed by atoms with Gasteiger partial charge >= 0.3 is 5.97 Å². The summed E-state index contributed by atoms with van der Waals surface area (Å²) in [4.78, 5) is 12.5. The molecular weight excluding hydrogens is 261 g/mol. The van der Waals surface area contributed by atoms with Gasteiger partial charge in [0.25, 0.3) is 0 Å². The fourth-order valence-corrected chi connectivity index (χ4v) is 1.71. The maximum atomic E-state index is 13.3. The SMILES string of the molecule is CC(C)OCCN(C)c1ccc(F)cc1/C=C/C(=O)O. The van der Waals surface area contributed by atoms with Gasteiger partial charge < -0.3 is 14.7 Å². The number of hydrogen-bond acceptors (Lipinski definition) is 3. The molecule has 0 atom stereocenters. The predicted octanol–water partition coefficient (Wildman–Crippen LogP) is 2.78. The molecule has 0 saturated heterocycles. The summed E-state index contributed by atoms with van der Waals surface area (Å²) < 4.78 is 18.7. The Hall–Kier alpha value is -1.88. The van der Waals surface area contributed by atoms with E-state index in [1.165, 1.54) is 18.2 Å². The summed E-state index contributed by atoms with van der Waals surface area (Å²) in [5.41, 5.74) is 1.29. The van der Waals surface area contributed by atoms with Crippen LogP contribution >= 0.6 is 0 Å². The van der Waals surface area contributed by atoms with E-state index in [9.17, 15) is 9.18 Å². The van der Waals surface area contributed by atoms with Crippen molar-refractivity contribution in [3.05, 3.63) is 35.7 Å². The number of ether oxygens (including phenoxy) is 1. The van der Waals surface area contributed by atoms with Crippen molar-refractivity contribution in [2.75, 3.05) is 25.1 Å². The minimum atomic E-state index is -1.06. The first-order valence-electron chi connectivity index (χ1n) is 6.43. The maximum Gasteiger partial charge on any atom is 0.328 e. The molecule has 1 aromatic carbocycles. The second kappa shape index (κ2) is 7.65. The van der Waals surface area contributed by atoms with E-state index in [0.717, 1.165) is 11.8 Å². The number of halogens is 1. The summed E-state index contributed by atoms with van der Waals surface area (Å²) in [5.74, 6) is -1.46. The lowest BCUT2D eigenvalue weighted by molar-refractivity contribution is -0.131. The predicted molar refractivity (Wildman–Crippen MR) is 77.4 cm³/mol. The quantitative estimate of drug-likeness (QED) is 0.781. The summed E-state index contributed by atoms with van der Waals surface area (Å²) in [5, 5.41) is 8.66. The third-order valence-electron chi connectivity index (χ3n) is 2.68. The Bertz CT molecular complexity index is 486. The van der Waals surface area contributed by atoms with Gasteiger partial charge in [0.1, 0.15) is 5.82 Å². The van der Waals surface area contributed by atoms with Crippen LogP contribution in [0.4, 0.5) is 10.1 Å². The van der Waals surface area contributed by atoms with E-state index in [2.05, 4.69) is 0 Å². The number of likely N-dealkylation sites (N-methyl/N-ethyl adjacent to an activating group) is 1. The molecule has 0 amide bonds. The molecule has 1 rings (SSSR count). The van der Waals surface area contributed by atoms with Crippen molar-refractivity contribution in [1.29, 1.82) is 0 Å². The van der Waals surface area contributed by atoms with E-state index in [1.807, 2.05) is 25.8 Å². The van der Waals surface area contributed by atoms with E-state index in [-0.39, 0.29) is 6.10 Å². The molecule has 0 aliphatic heterocycles. The zero-order chi connectivity index (χ0) is 15.1. The summed E-state index contributed by atoms with van der Waals surface area (Å²) in [7, 11) is 1.86. The number of aliphatic carboxylic acids is 1. The number of anilines is 1. The summed E-state index contributed by atoms with van der Waals surface area (Å²) in [6, 6.07) is 4.30. The maximum absolute atomic E-state index is 13.3. The van der Waals surface area contributed by atoms with Crippen molar-refractivity contribution in [2.24, 2.45) is 0 Å². The molecule has 20 heavy (non-hydrogen) atoms. The van der Waals surface area contributed by atoms with E-state index in [1.54, 1.807) is 6.07 Å². The van der Waals surface area contributed by atoms with Crippen molar-refractivity contribution in [1.82, 2.24) is 0 Å². The highest BCUT2D eigenvalue weighted by Crippen LogP contribution is 2.22. The fraction of sp³-hybridized carbons (Fsp3) is 0.400. The van der Waals surface area contributed by atoms with Gasteiger partial charge in [-0.2, -0.15) is 0 Å². The van der Waals surface area contributed by atoms with Crippen LogP contribution in [0, 0.1) is 5.82 Å². The summed E-state index contributed by atoms with van der Waals surface area (Å²) in [6.45, 7) is 5.10. The topological polar surface area (TPSA) is 49.8 Å². The Labute approximate surface area is 118 Å². The minimum absolute atomic E-state index is 0.156. The molecular formula is C15H20FNO3. The second-order valence-electron chi connectivity index (χ2n) is 4.72. The molecule has 0 aliphatic carbocycles. The number of carboxylic acid groups (broad SMARTS) is 1. The van der Waals surface area contributed by atoms with Crippen LogP contribution in [-0.2, 0) is 9.53 Å². The van der Waals surface area contributed by atoms with Crippen LogP contribution < -0.4 is 4.90 Å². The average molecular weight is 281 g/mol. The Morgan fingerprint density at radius 1 is 1.50 bits per heavy atom. The van der Waals surface area contributed by atoms with E-state index in [0.29, 0.717) is 18.7 Å². The molecule has 0 unspecified atom stereocenters. The lowest BCUT2D eigenvalue weighted by atomic mass is 10.1. The molecule has 110 valence electrons. The highest BCUT2D eigenvalue weighted by atomic mass is 19.1. The second-order valence-corrected chi connectivity index (χ2v) is 4.72. The first kappa shape index (κ1) is 16.2. The monoisotopic (exact) mass is 281 g/mol. The minimum Gasteiger partial charge on any atom is -0.478 e. The van der Waals surface area contributed by atoms with Crippen LogP contribution in [-0.4, -0.2) is 37.4 Å². The number of benzene rings is 1. The molecule has 0 heterocycles. The summed E-state index contributed by atoms with van der Waals surface area (Å²) in [6.07, 6.45) is 2.54. The van der Waals surface area contributed by atoms with Crippen molar-refractivity contribution in [2.45, 2.75) is 20.0 Å². The number of hydrogen-bond donors (Lipinski definition) is 1. The van der Waals surface area contributed by atoms with Gasteiger partial charge in [-0.25, -0.2) is 9.18 Å². The molecule has 0 fully saturated rings. The molecule has 0 radical (unpaired) electrons. The van der Waals surface area contributed by atoms with E-state index in [4.69, 9.17) is 9.84 Å². The lowest BCUT2D eigenvalue weighted by Gasteiger charge is -2.22. The van der Waals surface area contributed by atoms with Crippen molar-refractivity contribution in [3.63, 3.8) is 0 Å². The Balaban J connectivity index is 2.84. The average Bonchev–Trinajstić information content (AvgIpc) is 2.35. The van der Waals surface area contributed by atoms with E-state index < -0.39 is 11.8 Å². The number of rotatable bonds is 7. The van der Waals surface area contributed by atoms with Gasteiger partial charge in [-0.3, -0.25) is 0 Å². The third-order valence-corrected chi connectivity index (χ3v) is 2.68. The van der Waals surface area contributed by atoms with Gasteiger partial charge in [0, 0.05) is 30.9 Å². The van der Waals surface area contributed by atoms with E-state index >= 15 is 0 Å². The standard InChI is InChI=1S/C15H20FNO3/c1-11(2)20-9-8-17(3)14-6-5-13(16)10-12(14)4-7-15(18)19/h4-7,10-11H,8-9H2,1-3H3,(H,18,19)/b7-4+. The Morgan fingerprint density at radius 3 is 2.80 bits per heavy atom. The van der Waals surface area contributed by atoms with Crippen LogP contribution in [0.2, 0.25) is 0 Å². The zero-order valence-corrected chi connectivity index (χ0v) is 12.0. The van der Waals surface area contributed by atoms with Crippen molar-refractivity contribution < 1.29 is 19.0 Å². The van der Waals surface area contributed by atoms with Gasteiger partial charge in [-0.1, -0.05) is 0 Å². The number of nitrogens with zero attached hydrogens (tertiary/aromatic N) is 1. The first-order chi connectivity index (χ1) is 9.40. The van der Waals surface area contributed by atoms with Gasteiger partial charge in [0.05, 0.1) is 12.7 Å². The van der Waals surface area contributed by atoms with Gasteiger partial charge in [0.2, 0.25) is 0 Å². The van der Waals surface area contributed by atoms with Crippen molar-refractivity contribution >= 4 is 17.7 Å². The molecule has 5 heteroatoms. The van der Waals surface area contributed by atoms with Crippen LogP contribution in [0.1, 0.15) is 19.4 Å². The van der Waals surface area contributed by atoms with Crippen LogP contribution in [0.3, 0.4) is 0 Å². The largest absolute Gasteiger partial charge is 0.478 e. The Kier molecular flexibility index (Phi) is 6.18. The molecule has 1 N–H and O–H groups in total. The molecule has 0 aromatic heterocycles. The third kappa shape index (κ3) is 5.40. The molecule has 4 nitrogen and oxygen atoms in total. The smallest absolute Gasteiger partial charge is 0.328 e. The number of carbonyl (C=O) groups is 1. The number of carboxylic acids is 1. The van der Waals surface area contributed by atoms with Gasteiger partial charge in [-0.05, 0) is 38.1 Å². The van der Waals surface area contributed by atoms with Crippen LogP contribution in [0.25, 0.3) is 6.08 Å².